The maximum absolute atomic E-state index is 12.8. The monoisotopic (exact) mass is 422 g/mol. The van der Waals surface area contributed by atoms with E-state index in [1.807, 2.05) is 44.2 Å². The molecular formula is C20H26N2O6S. The Kier molecular flexibility index (Phi) is 6.21. The van der Waals surface area contributed by atoms with E-state index in [0.717, 1.165) is 5.56 Å². The molecule has 2 saturated heterocycles. The highest BCUT2D eigenvalue weighted by atomic mass is 32.2. The summed E-state index contributed by atoms with van der Waals surface area (Å²) in [6, 6.07) is 8.48. The van der Waals surface area contributed by atoms with E-state index < -0.39 is 46.0 Å². The normalized spacial score (nSPS) is 25.8. The zero-order chi connectivity index (χ0) is 21.3. The van der Waals surface area contributed by atoms with Gasteiger partial charge in [0.15, 0.2) is 0 Å². The first-order valence-corrected chi connectivity index (χ1v) is 10.3. The van der Waals surface area contributed by atoms with Crippen molar-refractivity contribution in [2.45, 2.75) is 42.7 Å². The molecule has 29 heavy (non-hydrogen) atoms. The third-order valence-corrected chi connectivity index (χ3v) is 6.93. The van der Waals surface area contributed by atoms with E-state index in [4.69, 9.17) is 9.84 Å². The molecule has 0 aromatic heterocycles. The third-order valence-electron chi connectivity index (χ3n) is 5.33. The van der Waals surface area contributed by atoms with Crippen LogP contribution in [0.25, 0.3) is 0 Å². The molecule has 2 fully saturated rings. The van der Waals surface area contributed by atoms with E-state index in [1.165, 1.54) is 28.6 Å². The zero-order valence-corrected chi connectivity index (χ0v) is 17.5. The molecule has 9 heteroatoms. The summed E-state index contributed by atoms with van der Waals surface area (Å²) < 4.78 is 4.83. The quantitative estimate of drug-likeness (QED) is 0.478. The number of β-lactam (4-membered cyclic amide) rings is 1. The molecule has 1 aromatic rings. The number of fused-ring (bicyclic) bond motifs is 1. The first kappa shape index (κ1) is 21.6. The van der Waals surface area contributed by atoms with Gasteiger partial charge < -0.3 is 24.7 Å². The number of amides is 2. The second-order valence-electron chi connectivity index (χ2n) is 7.81. The van der Waals surface area contributed by atoms with Gasteiger partial charge >= 0.3 is 5.97 Å². The largest absolute Gasteiger partial charge is 0.459 e. The van der Waals surface area contributed by atoms with Crippen molar-refractivity contribution in [1.82, 2.24) is 9.80 Å². The fourth-order valence-corrected chi connectivity index (χ4v) is 5.47. The lowest BCUT2D eigenvalue weighted by Crippen LogP contribution is -2.67. The first-order valence-electron chi connectivity index (χ1n) is 9.43. The van der Waals surface area contributed by atoms with Crippen LogP contribution in [-0.4, -0.2) is 80.3 Å². The third kappa shape index (κ3) is 3.99. The summed E-state index contributed by atoms with van der Waals surface area (Å²) >= 11 is 1.38. The van der Waals surface area contributed by atoms with Crippen molar-refractivity contribution in [3.8, 4) is 0 Å². The molecule has 0 aliphatic carbocycles. The van der Waals surface area contributed by atoms with Crippen molar-refractivity contribution in [1.29, 1.82) is 0 Å². The Morgan fingerprint density at radius 2 is 1.97 bits per heavy atom. The van der Waals surface area contributed by atoms with Crippen LogP contribution >= 0.6 is 11.8 Å². The number of carbonyl (C=O) groups excluding carboxylic acids is 3. The van der Waals surface area contributed by atoms with Gasteiger partial charge in [-0.2, -0.15) is 0 Å². The fraction of sp³-hybridized carbons (Fsp3) is 0.550. The maximum Gasteiger partial charge on any atom is 0.330 e. The smallest absolute Gasteiger partial charge is 0.330 e. The molecule has 0 unspecified atom stereocenters. The van der Waals surface area contributed by atoms with Crippen molar-refractivity contribution >= 4 is 29.5 Å². The van der Waals surface area contributed by atoms with Gasteiger partial charge in [0.25, 0.3) is 5.91 Å². The Morgan fingerprint density at radius 3 is 2.59 bits per heavy atom. The van der Waals surface area contributed by atoms with Gasteiger partial charge in [0, 0.05) is 18.3 Å². The number of rotatable bonds is 7. The summed E-state index contributed by atoms with van der Waals surface area (Å²) in [7, 11) is 1.46. The second kappa shape index (κ2) is 8.33. The Hall–Kier alpha value is -2.10. The van der Waals surface area contributed by atoms with Crippen LogP contribution in [0, 0.1) is 5.92 Å². The average molecular weight is 423 g/mol. The molecule has 158 valence electrons. The van der Waals surface area contributed by atoms with E-state index in [9.17, 15) is 19.5 Å². The topological polar surface area (TPSA) is 107 Å². The number of hydrogen-bond acceptors (Lipinski definition) is 7. The summed E-state index contributed by atoms with van der Waals surface area (Å²) in [6.45, 7) is 3.64. The van der Waals surface area contributed by atoms with Gasteiger partial charge in [0.2, 0.25) is 5.91 Å². The number of aliphatic hydroxyl groups excluding tert-OH is 2. The summed E-state index contributed by atoms with van der Waals surface area (Å²) in [4.78, 5) is 40.5. The number of benzene rings is 1. The van der Waals surface area contributed by atoms with Crippen LogP contribution in [-0.2, 0) is 25.7 Å². The molecule has 8 nitrogen and oxygen atoms in total. The molecule has 0 radical (unpaired) electrons. The van der Waals surface area contributed by atoms with Crippen LogP contribution < -0.4 is 0 Å². The van der Waals surface area contributed by atoms with E-state index >= 15 is 0 Å². The van der Waals surface area contributed by atoms with Gasteiger partial charge in [0.1, 0.15) is 24.7 Å². The molecule has 0 saturated carbocycles. The van der Waals surface area contributed by atoms with Gasteiger partial charge in [0.05, 0.1) is 12.0 Å². The Morgan fingerprint density at radius 1 is 1.31 bits per heavy atom. The van der Waals surface area contributed by atoms with Gasteiger partial charge in [-0.25, -0.2) is 4.79 Å². The van der Waals surface area contributed by atoms with Crippen molar-refractivity contribution in [3.05, 3.63) is 35.9 Å². The van der Waals surface area contributed by atoms with Crippen LogP contribution in [0.5, 0.6) is 0 Å². The van der Waals surface area contributed by atoms with E-state index in [2.05, 4.69) is 0 Å². The SMILES string of the molecule is CN(CCO)C(=O)[C@@H](O)[C@@H]1C(=O)N2[C@@H]1SC(C)(C)[C@@H]2C(=O)OCc1ccccc1. The molecule has 2 amide bonds. The summed E-state index contributed by atoms with van der Waals surface area (Å²) in [5.41, 5.74) is 0.849. The number of aliphatic hydroxyl groups is 2. The summed E-state index contributed by atoms with van der Waals surface area (Å²) in [5, 5.41) is 18.9. The number of esters is 1. The number of ether oxygens (including phenoxy) is 1. The number of carbonyl (C=O) groups is 3. The van der Waals surface area contributed by atoms with Crippen molar-refractivity contribution in [2.24, 2.45) is 5.92 Å². The van der Waals surface area contributed by atoms with Gasteiger partial charge in [-0.15, -0.1) is 11.8 Å². The minimum Gasteiger partial charge on any atom is -0.459 e. The van der Waals surface area contributed by atoms with Crippen LogP contribution in [0.1, 0.15) is 19.4 Å². The predicted octanol–water partition coefficient (Wildman–Crippen LogP) is 0.220. The van der Waals surface area contributed by atoms with Crippen molar-refractivity contribution in [2.75, 3.05) is 20.2 Å². The highest BCUT2D eigenvalue weighted by Gasteiger charge is 2.66. The Balaban J connectivity index is 1.69. The summed E-state index contributed by atoms with van der Waals surface area (Å²) in [6.07, 6.45) is -1.51. The minimum atomic E-state index is -1.51. The van der Waals surface area contributed by atoms with Crippen LogP contribution in [0.3, 0.4) is 0 Å². The number of thioether (sulfide) groups is 1. The van der Waals surface area contributed by atoms with Crippen molar-refractivity contribution in [3.63, 3.8) is 0 Å². The lowest BCUT2D eigenvalue weighted by atomic mass is 9.87. The van der Waals surface area contributed by atoms with Crippen LogP contribution in [0.2, 0.25) is 0 Å². The van der Waals surface area contributed by atoms with Crippen LogP contribution in [0.15, 0.2) is 30.3 Å². The molecule has 3 rings (SSSR count). The lowest BCUT2D eigenvalue weighted by Gasteiger charge is -2.45. The number of likely N-dealkylation sites (N-methyl/N-ethyl adjacent to an activating group) is 1. The van der Waals surface area contributed by atoms with Crippen LogP contribution in [0.4, 0.5) is 0 Å². The highest BCUT2D eigenvalue weighted by Crippen LogP contribution is 2.54. The molecule has 2 aliphatic rings. The number of hydrogen-bond donors (Lipinski definition) is 2. The molecule has 1 aromatic carbocycles. The molecule has 0 bridgehead atoms. The fourth-order valence-electron chi connectivity index (χ4n) is 3.76. The number of nitrogens with zero attached hydrogens (tertiary/aromatic N) is 2. The lowest BCUT2D eigenvalue weighted by molar-refractivity contribution is -0.175. The standard InChI is InChI=1S/C20H26N2O6S/c1-20(2)15(19(27)28-11-12-7-5-4-6-8-12)22-16(25)13(18(22)29-20)14(24)17(26)21(3)9-10-23/h4-8,13-15,18,23-24H,9-11H2,1-3H3/t13-,14+,15+,18-/m1/s1. The first-order chi connectivity index (χ1) is 13.7. The average Bonchev–Trinajstić information content (AvgIpc) is 2.93. The van der Waals surface area contributed by atoms with Gasteiger partial charge in [-0.3, -0.25) is 9.59 Å². The predicted molar refractivity (Wildman–Crippen MR) is 107 cm³/mol. The van der Waals surface area contributed by atoms with Crippen molar-refractivity contribution < 1.29 is 29.3 Å². The molecule has 0 spiro atoms. The van der Waals surface area contributed by atoms with E-state index in [0.29, 0.717) is 0 Å². The molecule has 4 atom stereocenters. The van der Waals surface area contributed by atoms with Gasteiger partial charge in [-0.05, 0) is 19.4 Å². The molecular weight excluding hydrogens is 396 g/mol. The minimum absolute atomic E-state index is 0.0677. The summed E-state index contributed by atoms with van der Waals surface area (Å²) in [5.74, 6) is -2.47. The van der Waals surface area contributed by atoms with Gasteiger partial charge in [-0.1, -0.05) is 30.3 Å². The second-order valence-corrected chi connectivity index (χ2v) is 9.58. The molecule has 2 heterocycles. The van der Waals surface area contributed by atoms with E-state index in [1.54, 1.807) is 0 Å². The Labute approximate surface area is 173 Å². The molecule has 2 aliphatic heterocycles. The molecule has 2 N–H and O–H groups in total. The van der Waals surface area contributed by atoms with E-state index in [-0.39, 0.29) is 19.8 Å². The Bertz CT molecular complexity index is 786. The zero-order valence-electron chi connectivity index (χ0n) is 16.6. The highest BCUT2D eigenvalue weighted by molar-refractivity contribution is 8.01. The maximum atomic E-state index is 12.8.